The molecule has 0 atom stereocenters. The number of hydrogen-bond acceptors (Lipinski definition) is 3. The summed E-state index contributed by atoms with van der Waals surface area (Å²) in [4.78, 5) is 12.7. The van der Waals surface area contributed by atoms with Crippen molar-refractivity contribution in [3.05, 3.63) is 82.0 Å². The van der Waals surface area contributed by atoms with Crippen molar-refractivity contribution in [2.24, 2.45) is 5.10 Å². The molecular weight excluding hydrogens is 440 g/mol. The number of hydrogen-bond donors (Lipinski definition) is 0. The molecule has 0 spiro atoms. The van der Waals surface area contributed by atoms with E-state index in [1.807, 2.05) is 0 Å². The average Bonchev–Trinajstić information content (AvgIpc) is 3.28. The summed E-state index contributed by atoms with van der Waals surface area (Å²) in [6, 6.07) is 15.6. The lowest BCUT2D eigenvalue weighted by Crippen LogP contribution is -2.25. The van der Waals surface area contributed by atoms with Crippen LogP contribution in [0.1, 0.15) is 5.76 Å². The van der Waals surface area contributed by atoms with E-state index < -0.39 is 23.4 Å². The largest absolute Gasteiger partial charge is 0.457 e. The van der Waals surface area contributed by atoms with Crippen LogP contribution in [0.15, 0.2) is 75.8 Å². The fourth-order valence-corrected chi connectivity index (χ4v) is 3.41. The Hall–Kier alpha value is -3.03. The van der Waals surface area contributed by atoms with Crippen molar-refractivity contribution in [3.63, 3.8) is 0 Å². The fraction of sp³-hybridized carbons (Fsp3) is 0.0476. The molecule has 30 heavy (non-hydrogen) atoms. The molecule has 0 unspecified atom stereocenters. The van der Waals surface area contributed by atoms with Crippen LogP contribution in [0, 0.1) is 0 Å². The van der Waals surface area contributed by atoms with Crippen molar-refractivity contribution in [2.45, 2.75) is 6.18 Å². The molecule has 4 rings (SSSR count). The molecule has 0 fully saturated rings. The number of anilines is 1. The Morgan fingerprint density at radius 2 is 1.73 bits per heavy atom. The fourth-order valence-electron chi connectivity index (χ4n) is 2.91. The zero-order chi connectivity index (χ0) is 21.5. The second-order valence-electron chi connectivity index (χ2n) is 6.28. The minimum Gasteiger partial charge on any atom is -0.457 e. The maximum atomic E-state index is 13.5. The van der Waals surface area contributed by atoms with Gasteiger partial charge in [0.1, 0.15) is 11.5 Å². The van der Waals surface area contributed by atoms with Crippen molar-refractivity contribution in [1.82, 2.24) is 0 Å². The molecule has 1 aliphatic rings. The zero-order valence-corrected chi connectivity index (χ0v) is 16.5. The van der Waals surface area contributed by atoms with Gasteiger partial charge in [-0.15, -0.1) is 0 Å². The highest BCUT2D eigenvalue weighted by Gasteiger charge is 2.47. The van der Waals surface area contributed by atoms with Crippen molar-refractivity contribution in [1.29, 1.82) is 0 Å². The number of alkyl halides is 3. The van der Waals surface area contributed by atoms with Crippen LogP contribution in [-0.2, 0) is 4.79 Å². The number of para-hydroxylation sites is 1. The predicted octanol–water partition coefficient (Wildman–Crippen LogP) is 6.60. The molecule has 0 saturated carbocycles. The highest BCUT2D eigenvalue weighted by Crippen LogP contribution is 2.35. The second kappa shape index (κ2) is 7.66. The summed E-state index contributed by atoms with van der Waals surface area (Å²) in [5.74, 6) is -0.540. The minimum atomic E-state index is -4.82. The van der Waals surface area contributed by atoms with Gasteiger partial charge >= 0.3 is 6.18 Å². The van der Waals surface area contributed by atoms with Crippen molar-refractivity contribution in [2.75, 3.05) is 5.01 Å². The second-order valence-corrected chi connectivity index (χ2v) is 7.13. The summed E-state index contributed by atoms with van der Waals surface area (Å²) in [5, 5.41) is 4.98. The third-order valence-electron chi connectivity index (χ3n) is 4.26. The summed E-state index contributed by atoms with van der Waals surface area (Å²) in [5.41, 5.74) is -1.17. The molecule has 0 N–H and O–H groups in total. The molecule has 2 heterocycles. The number of carbonyl (C=O) groups excluding carboxylic acids is 1. The van der Waals surface area contributed by atoms with Gasteiger partial charge in [0.2, 0.25) is 0 Å². The van der Waals surface area contributed by atoms with Crippen LogP contribution in [0.2, 0.25) is 10.0 Å². The number of carbonyl (C=O) groups is 1. The summed E-state index contributed by atoms with van der Waals surface area (Å²) < 4.78 is 46.2. The van der Waals surface area contributed by atoms with Crippen LogP contribution >= 0.6 is 23.2 Å². The smallest absolute Gasteiger partial charge is 0.435 e. The Balaban J connectivity index is 1.73. The Kier molecular flexibility index (Phi) is 5.17. The van der Waals surface area contributed by atoms with Crippen LogP contribution in [0.4, 0.5) is 18.9 Å². The van der Waals surface area contributed by atoms with Crippen LogP contribution in [0.25, 0.3) is 17.4 Å². The third-order valence-corrected chi connectivity index (χ3v) is 4.80. The molecule has 0 radical (unpaired) electrons. The molecule has 152 valence electrons. The molecule has 9 heteroatoms. The van der Waals surface area contributed by atoms with Gasteiger partial charge in [0.05, 0.1) is 16.3 Å². The molecule has 3 aromatic rings. The average molecular weight is 451 g/mol. The summed E-state index contributed by atoms with van der Waals surface area (Å²) in [7, 11) is 0. The molecule has 1 amide bonds. The molecule has 4 nitrogen and oxygen atoms in total. The Bertz CT molecular complexity index is 1180. The topological polar surface area (TPSA) is 45.8 Å². The van der Waals surface area contributed by atoms with Gasteiger partial charge in [0.15, 0.2) is 5.71 Å². The van der Waals surface area contributed by atoms with Gasteiger partial charge in [-0.05, 0) is 48.5 Å². The predicted molar refractivity (Wildman–Crippen MR) is 110 cm³/mol. The van der Waals surface area contributed by atoms with E-state index in [0.717, 1.165) is 6.08 Å². The van der Waals surface area contributed by atoms with E-state index in [2.05, 4.69) is 5.10 Å². The third kappa shape index (κ3) is 3.86. The van der Waals surface area contributed by atoms with Gasteiger partial charge in [0.25, 0.3) is 5.91 Å². The normalized spacial score (nSPS) is 15.8. The van der Waals surface area contributed by atoms with Gasteiger partial charge < -0.3 is 4.42 Å². The molecule has 0 aliphatic carbocycles. The van der Waals surface area contributed by atoms with Gasteiger partial charge in [-0.2, -0.15) is 23.3 Å². The van der Waals surface area contributed by atoms with Gasteiger partial charge in [-0.3, -0.25) is 4.79 Å². The summed E-state index contributed by atoms with van der Waals surface area (Å²) in [6.45, 7) is 0. The van der Waals surface area contributed by atoms with Crippen molar-refractivity contribution >= 4 is 46.6 Å². The maximum Gasteiger partial charge on any atom is 0.435 e. The van der Waals surface area contributed by atoms with E-state index in [0.29, 0.717) is 26.4 Å². The number of nitrogens with zero attached hydrogens (tertiary/aromatic N) is 2. The Morgan fingerprint density at radius 1 is 1.00 bits per heavy atom. The Morgan fingerprint density at radius 3 is 2.40 bits per heavy atom. The lowest BCUT2D eigenvalue weighted by molar-refractivity contribution is -0.114. The lowest BCUT2D eigenvalue weighted by Gasteiger charge is -2.10. The number of benzene rings is 2. The SMILES string of the molecule is O=C1/C(=C\c2ccc(-c3ccc(Cl)cc3Cl)o2)C(C(F)(F)F)=NN1c1ccccc1. The van der Waals surface area contributed by atoms with Crippen molar-refractivity contribution < 1.29 is 22.4 Å². The first kappa shape index (κ1) is 20.3. The number of rotatable bonds is 3. The van der Waals surface area contributed by atoms with Gasteiger partial charge in [-0.25, -0.2) is 0 Å². The van der Waals surface area contributed by atoms with Crippen LogP contribution in [0.5, 0.6) is 0 Å². The molecule has 1 aliphatic heterocycles. The van der Waals surface area contributed by atoms with E-state index in [9.17, 15) is 18.0 Å². The zero-order valence-electron chi connectivity index (χ0n) is 15.0. The summed E-state index contributed by atoms with van der Waals surface area (Å²) >= 11 is 12.0. The van der Waals surface area contributed by atoms with E-state index in [1.165, 1.54) is 24.3 Å². The summed E-state index contributed by atoms with van der Waals surface area (Å²) in [6.07, 6.45) is -3.80. The van der Waals surface area contributed by atoms with Gasteiger partial charge in [-0.1, -0.05) is 41.4 Å². The van der Waals surface area contributed by atoms with Crippen LogP contribution < -0.4 is 5.01 Å². The first-order valence-corrected chi connectivity index (χ1v) is 9.32. The standard InChI is InChI=1S/C21H11Cl2F3N2O2/c22-12-6-8-15(17(23)10-12)18-9-7-14(30-18)11-16-19(21(24,25)26)27-28(20(16)29)13-4-2-1-3-5-13/h1-11H/b16-11-. The first-order chi connectivity index (χ1) is 14.2. The highest BCUT2D eigenvalue weighted by molar-refractivity contribution is 6.36. The number of hydrazone groups is 1. The first-order valence-electron chi connectivity index (χ1n) is 8.56. The van der Waals surface area contributed by atoms with Gasteiger partial charge in [0, 0.05) is 10.6 Å². The Labute approximate surface area is 178 Å². The van der Waals surface area contributed by atoms with Crippen LogP contribution in [0.3, 0.4) is 0 Å². The van der Waals surface area contributed by atoms with E-state index in [-0.39, 0.29) is 11.4 Å². The number of furan rings is 1. The molecular formula is C21H11Cl2F3N2O2. The van der Waals surface area contributed by atoms with Crippen LogP contribution in [-0.4, -0.2) is 17.8 Å². The minimum absolute atomic E-state index is 0.0474. The highest BCUT2D eigenvalue weighted by atomic mass is 35.5. The molecule has 0 bridgehead atoms. The quantitative estimate of drug-likeness (QED) is 0.421. The molecule has 1 aromatic heterocycles. The maximum absolute atomic E-state index is 13.5. The monoisotopic (exact) mass is 450 g/mol. The number of halogens is 5. The lowest BCUT2D eigenvalue weighted by atomic mass is 10.1. The van der Waals surface area contributed by atoms with E-state index >= 15 is 0 Å². The van der Waals surface area contributed by atoms with Crippen molar-refractivity contribution in [3.8, 4) is 11.3 Å². The number of amides is 1. The van der Waals surface area contributed by atoms with E-state index in [1.54, 1.807) is 36.4 Å². The van der Waals surface area contributed by atoms with E-state index in [4.69, 9.17) is 27.6 Å². The molecule has 2 aromatic carbocycles. The molecule has 0 saturated heterocycles.